The van der Waals surface area contributed by atoms with Crippen LogP contribution in [-0.2, 0) is 0 Å². The van der Waals surface area contributed by atoms with Gasteiger partial charge in [0.05, 0.1) is 10.6 Å². The van der Waals surface area contributed by atoms with E-state index in [2.05, 4.69) is 15.0 Å². The molecule has 0 unspecified atom stereocenters. The Morgan fingerprint density at radius 2 is 1.75 bits per heavy atom. The maximum Gasteiger partial charge on any atom is 0.225 e. The van der Waals surface area contributed by atoms with E-state index in [1.54, 1.807) is 0 Å². The van der Waals surface area contributed by atoms with Gasteiger partial charge in [0.2, 0.25) is 5.95 Å². The molecule has 100 valence electrons. The second-order valence-corrected chi connectivity index (χ2v) is 4.79. The van der Waals surface area contributed by atoms with Crippen molar-refractivity contribution in [1.29, 1.82) is 0 Å². The van der Waals surface area contributed by atoms with Crippen molar-refractivity contribution in [3.8, 4) is 11.1 Å². The first-order chi connectivity index (χ1) is 9.58. The van der Waals surface area contributed by atoms with Gasteiger partial charge in [-0.1, -0.05) is 29.3 Å². The zero-order valence-corrected chi connectivity index (χ0v) is 11.3. The van der Waals surface area contributed by atoms with Gasteiger partial charge in [-0.2, -0.15) is 9.37 Å². The van der Waals surface area contributed by atoms with Crippen molar-refractivity contribution >= 4 is 34.4 Å². The topological polar surface area (TPSA) is 38.7 Å². The predicted molar refractivity (Wildman–Crippen MR) is 72.7 cm³/mol. The number of fused-ring (bicyclic) bond motifs is 1. The summed E-state index contributed by atoms with van der Waals surface area (Å²) in [5.41, 5.74) is -0.406. The molecule has 0 saturated carbocycles. The number of aromatic nitrogens is 3. The molecule has 0 N–H and O–H groups in total. The summed E-state index contributed by atoms with van der Waals surface area (Å²) in [7, 11) is 0. The Balaban J connectivity index is 2.36. The molecule has 0 fully saturated rings. The zero-order chi connectivity index (χ0) is 14.3. The van der Waals surface area contributed by atoms with E-state index in [4.69, 9.17) is 23.2 Å². The van der Waals surface area contributed by atoms with Crippen LogP contribution in [0.25, 0.3) is 22.3 Å². The fourth-order valence-corrected chi connectivity index (χ4v) is 2.35. The maximum absolute atomic E-state index is 14.4. The van der Waals surface area contributed by atoms with E-state index in [0.717, 1.165) is 0 Å². The summed E-state index contributed by atoms with van der Waals surface area (Å²) in [4.78, 5) is 11.2. The number of nitrogens with zero attached hydrogens (tertiary/aromatic N) is 3. The molecular weight excluding hydrogens is 307 g/mol. The van der Waals surface area contributed by atoms with E-state index >= 15 is 0 Å². The molecule has 7 heteroatoms. The van der Waals surface area contributed by atoms with E-state index in [1.807, 2.05) is 0 Å². The smallest absolute Gasteiger partial charge is 0.225 e. The molecule has 3 aromatic rings. The Morgan fingerprint density at radius 3 is 2.50 bits per heavy atom. The fourth-order valence-electron chi connectivity index (χ4n) is 1.85. The van der Waals surface area contributed by atoms with Crippen molar-refractivity contribution in [2.24, 2.45) is 0 Å². The van der Waals surface area contributed by atoms with Crippen LogP contribution in [0.5, 0.6) is 0 Å². The standard InChI is InChI=1S/C13H5Cl2F2N3/c14-6-1-2-7(8(15)5-6)9-10(16)11-13(20-12(9)17)19-4-3-18-11/h1-5H. The van der Waals surface area contributed by atoms with Crippen molar-refractivity contribution in [3.63, 3.8) is 0 Å². The van der Waals surface area contributed by atoms with Crippen molar-refractivity contribution in [2.45, 2.75) is 0 Å². The van der Waals surface area contributed by atoms with Gasteiger partial charge in [0.15, 0.2) is 11.5 Å². The molecule has 20 heavy (non-hydrogen) atoms. The van der Waals surface area contributed by atoms with Crippen LogP contribution in [0.1, 0.15) is 0 Å². The second kappa shape index (κ2) is 4.92. The number of pyridine rings is 1. The van der Waals surface area contributed by atoms with Gasteiger partial charge in [-0.15, -0.1) is 0 Å². The first kappa shape index (κ1) is 13.1. The van der Waals surface area contributed by atoms with Crippen LogP contribution < -0.4 is 0 Å². The van der Waals surface area contributed by atoms with Gasteiger partial charge in [0, 0.05) is 23.0 Å². The lowest BCUT2D eigenvalue weighted by molar-refractivity contribution is 0.566. The summed E-state index contributed by atoms with van der Waals surface area (Å²) in [5, 5.41) is 0.494. The summed E-state index contributed by atoms with van der Waals surface area (Å²) in [5.74, 6) is -1.86. The third kappa shape index (κ3) is 2.09. The van der Waals surface area contributed by atoms with E-state index in [9.17, 15) is 8.78 Å². The molecule has 0 spiro atoms. The minimum absolute atomic E-state index is 0.101. The van der Waals surface area contributed by atoms with E-state index in [0.29, 0.717) is 5.02 Å². The van der Waals surface area contributed by atoms with E-state index < -0.39 is 11.8 Å². The van der Waals surface area contributed by atoms with Gasteiger partial charge in [-0.25, -0.2) is 14.4 Å². The lowest BCUT2D eigenvalue weighted by Crippen LogP contribution is -1.99. The largest absolute Gasteiger partial charge is 0.248 e. The van der Waals surface area contributed by atoms with Gasteiger partial charge in [0.1, 0.15) is 5.52 Å². The quantitative estimate of drug-likeness (QED) is 0.630. The first-order valence-corrected chi connectivity index (χ1v) is 6.24. The molecule has 2 heterocycles. The molecular formula is C13H5Cl2F2N3. The zero-order valence-electron chi connectivity index (χ0n) is 9.74. The molecule has 0 saturated heterocycles. The summed E-state index contributed by atoms with van der Waals surface area (Å²) >= 11 is 11.7. The Kier molecular flexibility index (Phi) is 3.23. The van der Waals surface area contributed by atoms with Crippen molar-refractivity contribution in [2.75, 3.05) is 0 Å². The highest BCUT2D eigenvalue weighted by atomic mass is 35.5. The molecule has 1 aromatic carbocycles. The van der Waals surface area contributed by atoms with Gasteiger partial charge in [-0.3, -0.25) is 0 Å². The van der Waals surface area contributed by atoms with Crippen LogP contribution in [0.4, 0.5) is 8.78 Å². The molecule has 0 aliphatic rings. The summed E-state index contributed by atoms with van der Waals surface area (Å²) in [6.45, 7) is 0. The van der Waals surface area contributed by atoms with E-state index in [1.165, 1.54) is 30.6 Å². The average molecular weight is 312 g/mol. The Bertz CT molecular complexity index is 824. The SMILES string of the molecule is Fc1nc2nccnc2c(F)c1-c1ccc(Cl)cc1Cl. The predicted octanol–water partition coefficient (Wildman–Crippen LogP) is 4.28. The summed E-state index contributed by atoms with van der Waals surface area (Å²) in [6, 6.07) is 4.32. The molecule has 0 bridgehead atoms. The van der Waals surface area contributed by atoms with Crippen molar-refractivity contribution < 1.29 is 8.78 Å². The Morgan fingerprint density at radius 1 is 1.00 bits per heavy atom. The van der Waals surface area contributed by atoms with Crippen molar-refractivity contribution in [3.05, 3.63) is 52.4 Å². The van der Waals surface area contributed by atoms with Gasteiger partial charge in [-0.05, 0) is 12.1 Å². The Hall–Kier alpha value is -1.85. The highest BCUT2D eigenvalue weighted by Gasteiger charge is 2.20. The van der Waals surface area contributed by atoms with Gasteiger partial charge < -0.3 is 0 Å². The highest BCUT2D eigenvalue weighted by molar-refractivity contribution is 6.36. The minimum Gasteiger partial charge on any atom is -0.248 e. The highest BCUT2D eigenvalue weighted by Crippen LogP contribution is 2.34. The number of hydrogen-bond acceptors (Lipinski definition) is 3. The average Bonchev–Trinajstić information content (AvgIpc) is 2.41. The molecule has 0 aliphatic carbocycles. The number of benzene rings is 1. The molecule has 3 rings (SSSR count). The summed E-state index contributed by atoms with van der Waals surface area (Å²) < 4.78 is 28.5. The van der Waals surface area contributed by atoms with Crippen LogP contribution >= 0.6 is 23.2 Å². The second-order valence-electron chi connectivity index (χ2n) is 3.94. The normalized spacial score (nSPS) is 11.0. The number of rotatable bonds is 1. The summed E-state index contributed by atoms with van der Waals surface area (Å²) in [6.07, 6.45) is 2.61. The fraction of sp³-hybridized carbons (Fsp3) is 0. The third-order valence-electron chi connectivity index (χ3n) is 2.72. The van der Waals surface area contributed by atoms with Crippen molar-refractivity contribution in [1.82, 2.24) is 15.0 Å². The molecule has 0 radical (unpaired) electrons. The minimum atomic E-state index is -1.00. The van der Waals surface area contributed by atoms with Crippen LogP contribution in [-0.4, -0.2) is 15.0 Å². The maximum atomic E-state index is 14.4. The first-order valence-electron chi connectivity index (χ1n) is 5.49. The lowest BCUT2D eigenvalue weighted by Gasteiger charge is -2.08. The van der Waals surface area contributed by atoms with Crippen LogP contribution in [0, 0.1) is 11.8 Å². The molecule has 0 amide bonds. The Labute approximate surface area is 122 Å². The number of halogens is 4. The monoisotopic (exact) mass is 311 g/mol. The molecule has 3 nitrogen and oxygen atoms in total. The van der Waals surface area contributed by atoms with Crippen LogP contribution in [0.2, 0.25) is 10.0 Å². The third-order valence-corrected chi connectivity index (χ3v) is 3.26. The van der Waals surface area contributed by atoms with E-state index in [-0.39, 0.29) is 27.3 Å². The molecule has 0 aliphatic heterocycles. The lowest BCUT2D eigenvalue weighted by atomic mass is 10.1. The molecule has 2 aromatic heterocycles. The van der Waals surface area contributed by atoms with Gasteiger partial charge in [0.25, 0.3) is 0 Å². The number of hydrogen-bond donors (Lipinski definition) is 0. The van der Waals surface area contributed by atoms with Gasteiger partial charge >= 0.3 is 0 Å². The van der Waals surface area contributed by atoms with Crippen LogP contribution in [0.3, 0.4) is 0 Å². The molecule has 0 atom stereocenters. The van der Waals surface area contributed by atoms with Crippen LogP contribution in [0.15, 0.2) is 30.6 Å².